The molecule has 0 radical (unpaired) electrons. The van der Waals surface area contributed by atoms with Crippen molar-refractivity contribution >= 4 is 21.8 Å². The van der Waals surface area contributed by atoms with E-state index in [9.17, 15) is 13.5 Å². The number of aliphatic hydroxyl groups excluding tert-OH is 1. The lowest BCUT2D eigenvalue weighted by Gasteiger charge is -2.31. The standard InChI is InChI=1S/C10H17N3O3S2/c1-18(15,16)13-4-2-3-8(7-13)5-10(14)9-6-11-17-12-9/h6,8,10,14H,2-5,7H2,1H3. The maximum Gasteiger partial charge on any atom is 0.211 e. The van der Waals surface area contributed by atoms with Gasteiger partial charge in [-0.25, -0.2) is 12.7 Å². The summed E-state index contributed by atoms with van der Waals surface area (Å²) in [6.07, 6.45) is 4.48. The minimum atomic E-state index is -3.12. The van der Waals surface area contributed by atoms with E-state index in [2.05, 4.69) is 8.75 Å². The normalized spacial score (nSPS) is 24.0. The Labute approximate surface area is 111 Å². The van der Waals surface area contributed by atoms with Gasteiger partial charge >= 0.3 is 0 Å². The Bertz CT molecular complexity index is 475. The van der Waals surface area contributed by atoms with E-state index in [1.54, 1.807) is 6.20 Å². The molecular formula is C10H17N3O3S2. The average molecular weight is 291 g/mol. The largest absolute Gasteiger partial charge is 0.387 e. The zero-order chi connectivity index (χ0) is 13.2. The Morgan fingerprint density at radius 1 is 1.67 bits per heavy atom. The van der Waals surface area contributed by atoms with Crippen LogP contribution in [-0.4, -0.2) is 45.9 Å². The van der Waals surface area contributed by atoms with E-state index in [4.69, 9.17) is 0 Å². The van der Waals surface area contributed by atoms with Gasteiger partial charge in [0, 0.05) is 13.1 Å². The Morgan fingerprint density at radius 2 is 2.44 bits per heavy atom. The van der Waals surface area contributed by atoms with Crippen molar-refractivity contribution in [2.75, 3.05) is 19.3 Å². The van der Waals surface area contributed by atoms with Crippen molar-refractivity contribution in [3.05, 3.63) is 11.9 Å². The smallest absolute Gasteiger partial charge is 0.211 e. The molecule has 2 heterocycles. The third kappa shape index (κ3) is 3.47. The summed E-state index contributed by atoms with van der Waals surface area (Å²) in [5.41, 5.74) is 0.580. The van der Waals surface area contributed by atoms with E-state index in [1.807, 2.05) is 0 Å². The molecule has 1 N–H and O–H groups in total. The molecular weight excluding hydrogens is 274 g/mol. The third-order valence-corrected chi connectivity index (χ3v) is 4.99. The van der Waals surface area contributed by atoms with Crippen LogP contribution in [0.2, 0.25) is 0 Å². The van der Waals surface area contributed by atoms with Crippen LogP contribution in [0.15, 0.2) is 6.20 Å². The van der Waals surface area contributed by atoms with Crippen LogP contribution in [0.4, 0.5) is 0 Å². The molecule has 0 aliphatic carbocycles. The number of sulfonamides is 1. The fourth-order valence-electron chi connectivity index (χ4n) is 2.28. The van der Waals surface area contributed by atoms with Gasteiger partial charge in [-0.1, -0.05) is 0 Å². The molecule has 6 nitrogen and oxygen atoms in total. The lowest BCUT2D eigenvalue weighted by molar-refractivity contribution is 0.120. The summed E-state index contributed by atoms with van der Waals surface area (Å²) in [4.78, 5) is 0. The molecule has 0 spiro atoms. The number of aromatic nitrogens is 2. The predicted molar refractivity (Wildman–Crippen MR) is 68.6 cm³/mol. The van der Waals surface area contributed by atoms with E-state index in [-0.39, 0.29) is 5.92 Å². The summed E-state index contributed by atoms with van der Waals surface area (Å²) in [6, 6.07) is 0. The highest BCUT2D eigenvalue weighted by Crippen LogP contribution is 2.27. The first-order chi connectivity index (χ1) is 8.47. The Morgan fingerprint density at radius 3 is 3.06 bits per heavy atom. The number of piperidine rings is 1. The van der Waals surface area contributed by atoms with Crippen LogP contribution in [0.25, 0.3) is 0 Å². The minimum Gasteiger partial charge on any atom is -0.387 e. The summed E-state index contributed by atoms with van der Waals surface area (Å²) < 4.78 is 32.3. The first-order valence-corrected chi connectivity index (χ1v) is 8.45. The summed E-state index contributed by atoms with van der Waals surface area (Å²) in [5.74, 6) is 0.185. The second-order valence-electron chi connectivity index (χ2n) is 4.71. The van der Waals surface area contributed by atoms with E-state index >= 15 is 0 Å². The molecule has 1 aromatic heterocycles. The highest BCUT2D eigenvalue weighted by Gasteiger charge is 2.28. The lowest BCUT2D eigenvalue weighted by atomic mass is 9.93. The highest BCUT2D eigenvalue weighted by molar-refractivity contribution is 7.88. The van der Waals surface area contributed by atoms with Crippen LogP contribution in [0.3, 0.4) is 0 Å². The van der Waals surface area contributed by atoms with Crippen LogP contribution in [0.5, 0.6) is 0 Å². The van der Waals surface area contributed by atoms with Crippen molar-refractivity contribution in [2.24, 2.45) is 5.92 Å². The third-order valence-electron chi connectivity index (χ3n) is 3.23. The molecule has 0 aromatic carbocycles. The van der Waals surface area contributed by atoms with Crippen molar-refractivity contribution < 1.29 is 13.5 Å². The minimum absolute atomic E-state index is 0.185. The van der Waals surface area contributed by atoms with Gasteiger partial charge in [0.1, 0.15) is 5.69 Å². The SMILES string of the molecule is CS(=O)(=O)N1CCCC(CC(O)c2cnsn2)C1. The van der Waals surface area contributed by atoms with Crippen LogP contribution in [0.1, 0.15) is 31.1 Å². The van der Waals surface area contributed by atoms with Gasteiger partial charge in [0.15, 0.2) is 0 Å². The average Bonchev–Trinajstić information content (AvgIpc) is 2.81. The predicted octanol–water partition coefficient (Wildman–Crippen LogP) is 0.633. The molecule has 2 rings (SSSR count). The number of hydrogen-bond acceptors (Lipinski definition) is 6. The highest BCUT2D eigenvalue weighted by atomic mass is 32.2. The van der Waals surface area contributed by atoms with Gasteiger partial charge in [-0.15, -0.1) is 0 Å². The Balaban J connectivity index is 1.94. The van der Waals surface area contributed by atoms with Gasteiger partial charge in [-0.3, -0.25) is 0 Å². The van der Waals surface area contributed by atoms with Gasteiger partial charge in [-0.05, 0) is 25.2 Å². The first-order valence-electron chi connectivity index (χ1n) is 5.87. The molecule has 1 aliphatic heterocycles. The zero-order valence-corrected chi connectivity index (χ0v) is 11.8. The number of nitrogens with zero attached hydrogens (tertiary/aromatic N) is 3. The van der Waals surface area contributed by atoms with Crippen LogP contribution in [-0.2, 0) is 10.0 Å². The second-order valence-corrected chi connectivity index (χ2v) is 7.25. The molecule has 2 atom stereocenters. The van der Waals surface area contributed by atoms with Crippen molar-refractivity contribution in [2.45, 2.75) is 25.4 Å². The fraction of sp³-hybridized carbons (Fsp3) is 0.800. The van der Waals surface area contributed by atoms with Crippen molar-refractivity contribution in [3.63, 3.8) is 0 Å². The second kappa shape index (κ2) is 5.60. The van der Waals surface area contributed by atoms with Crippen LogP contribution < -0.4 is 0 Å². The lowest BCUT2D eigenvalue weighted by Crippen LogP contribution is -2.39. The molecule has 0 saturated carbocycles. The molecule has 0 bridgehead atoms. The number of hydrogen-bond donors (Lipinski definition) is 1. The first kappa shape index (κ1) is 13.9. The van der Waals surface area contributed by atoms with Crippen molar-refractivity contribution in [3.8, 4) is 0 Å². The molecule has 0 amide bonds. The fourth-order valence-corrected chi connectivity index (χ4v) is 3.68. The van der Waals surface area contributed by atoms with E-state index in [0.717, 1.165) is 24.6 Å². The van der Waals surface area contributed by atoms with E-state index < -0.39 is 16.1 Å². The van der Waals surface area contributed by atoms with Gasteiger partial charge in [0.05, 0.1) is 30.3 Å². The van der Waals surface area contributed by atoms with Gasteiger partial charge in [0.25, 0.3) is 0 Å². The van der Waals surface area contributed by atoms with Crippen LogP contribution >= 0.6 is 11.7 Å². The number of rotatable bonds is 4. The molecule has 2 unspecified atom stereocenters. The van der Waals surface area contributed by atoms with Crippen LogP contribution in [0, 0.1) is 5.92 Å². The van der Waals surface area contributed by atoms with Crippen molar-refractivity contribution in [1.29, 1.82) is 0 Å². The summed E-state index contributed by atoms with van der Waals surface area (Å²) >= 11 is 1.07. The number of aliphatic hydroxyl groups is 1. The summed E-state index contributed by atoms with van der Waals surface area (Å²) in [5, 5.41) is 9.99. The molecule has 1 aliphatic rings. The van der Waals surface area contributed by atoms with E-state index in [1.165, 1.54) is 10.6 Å². The molecule has 18 heavy (non-hydrogen) atoms. The molecule has 1 aromatic rings. The monoisotopic (exact) mass is 291 g/mol. The van der Waals surface area contributed by atoms with Gasteiger partial charge in [-0.2, -0.15) is 8.75 Å². The summed E-state index contributed by atoms with van der Waals surface area (Å²) in [6.45, 7) is 1.08. The molecule has 1 saturated heterocycles. The molecule has 1 fully saturated rings. The maximum absolute atomic E-state index is 11.5. The molecule has 102 valence electrons. The molecule has 8 heteroatoms. The Kier molecular flexibility index (Phi) is 4.31. The Hall–Kier alpha value is -0.570. The maximum atomic E-state index is 11.5. The van der Waals surface area contributed by atoms with Gasteiger partial charge in [0.2, 0.25) is 10.0 Å². The van der Waals surface area contributed by atoms with Gasteiger partial charge < -0.3 is 5.11 Å². The quantitative estimate of drug-likeness (QED) is 0.880. The zero-order valence-electron chi connectivity index (χ0n) is 10.2. The van der Waals surface area contributed by atoms with E-state index in [0.29, 0.717) is 25.2 Å². The topological polar surface area (TPSA) is 83.4 Å². The van der Waals surface area contributed by atoms with Crippen molar-refractivity contribution in [1.82, 2.24) is 13.1 Å². The summed E-state index contributed by atoms with van der Waals surface area (Å²) in [7, 11) is -3.12.